The van der Waals surface area contributed by atoms with Crippen LogP contribution in [0.4, 0.5) is 0 Å². The number of aliphatic hydroxyl groups excluding tert-OH is 2. The molecule has 4 fully saturated rings. The fraction of sp³-hybridized carbons (Fsp3) is 0.722. The summed E-state index contributed by atoms with van der Waals surface area (Å²) in [6.45, 7) is 13.2. The summed E-state index contributed by atoms with van der Waals surface area (Å²) in [4.78, 5) is 53.4. The molecule has 0 radical (unpaired) electrons. The standard InChI is InChI=1S/C36H48O13/c1-17(2)22(38)29(40)46-24(18(3)4)30(41)48-27-23(39)25-32(5,12-10-21(37)45-16-34(25,7)43)20-9-13-33(6)26(19-11-14-44-15-19)47-31(42)28-36(33,49-28)35(20,27)8/h10-12,14-15,17-18,20,22-28,38-39,43H,9,13,16H2,1-8H3/b12-10-/t20-,22?,23-,24?,25-,26+,27-,28-,32-,33+,34-,35+,36-/m1/s1. The van der Waals surface area contributed by atoms with Crippen molar-refractivity contribution in [1.82, 2.24) is 0 Å². The summed E-state index contributed by atoms with van der Waals surface area (Å²) in [5, 5.41) is 34.8. The van der Waals surface area contributed by atoms with E-state index in [1.54, 1.807) is 39.8 Å². The maximum Gasteiger partial charge on any atom is 0.348 e. The molecule has 4 heterocycles. The average molecular weight is 689 g/mol. The molecular formula is C36H48O13. The zero-order valence-electron chi connectivity index (χ0n) is 29.2. The second kappa shape index (κ2) is 11.6. The van der Waals surface area contributed by atoms with Gasteiger partial charge in [0.1, 0.15) is 30.0 Å². The van der Waals surface area contributed by atoms with Gasteiger partial charge in [0.15, 0.2) is 12.2 Å². The first-order valence-electron chi connectivity index (χ1n) is 17.0. The highest BCUT2D eigenvalue weighted by Crippen LogP contribution is 2.79. The fourth-order valence-corrected chi connectivity index (χ4v) is 10.2. The molecule has 2 saturated carbocycles. The van der Waals surface area contributed by atoms with Gasteiger partial charge in [-0.2, -0.15) is 0 Å². The number of ether oxygens (including phenoxy) is 5. The van der Waals surface area contributed by atoms with Crippen molar-refractivity contribution >= 4 is 23.9 Å². The molecule has 2 saturated heterocycles. The van der Waals surface area contributed by atoms with Crippen molar-refractivity contribution < 1.29 is 62.6 Å². The Labute approximate surface area is 285 Å². The van der Waals surface area contributed by atoms with Gasteiger partial charge in [0.25, 0.3) is 0 Å². The smallest absolute Gasteiger partial charge is 0.348 e. The highest BCUT2D eigenvalue weighted by molar-refractivity contribution is 5.84. The average Bonchev–Trinajstić information content (AvgIpc) is 3.60. The first kappa shape index (κ1) is 35.6. The maximum absolute atomic E-state index is 14.2. The number of carbonyl (C=O) groups excluding carboxylic acids is 4. The molecule has 0 aromatic carbocycles. The van der Waals surface area contributed by atoms with E-state index < -0.39 is 118 Å². The Morgan fingerprint density at radius 3 is 2.33 bits per heavy atom. The first-order valence-corrected chi connectivity index (χ1v) is 17.0. The van der Waals surface area contributed by atoms with Gasteiger partial charge in [-0.3, -0.25) is 0 Å². The summed E-state index contributed by atoms with van der Waals surface area (Å²) >= 11 is 0. The Kier molecular flexibility index (Phi) is 8.45. The molecule has 2 unspecified atom stereocenters. The number of cyclic esters (lactones) is 2. The van der Waals surface area contributed by atoms with E-state index in [1.807, 2.05) is 20.8 Å². The highest BCUT2D eigenvalue weighted by Gasteiger charge is 2.89. The third kappa shape index (κ3) is 4.93. The summed E-state index contributed by atoms with van der Waals surface area (Å²) < 4.78 is 35.1. The molecule has 0 bridgehead atoms. The minimum atomic E-state index is -1.79. The predicted octanol–water partition coefficient (Wildman–Crippen LogP) is 2.80. The SMILES string of the molecule is CC(C)C(O)C(=O)OC(C(=O)O[C@@H]1[C@H](O)[C@@H]2[C@](C)(/C=C\C(=O)OC[C@@]2(C)O)[C@H]2CC[C@@]3(C)[C@H](c4ccoc4)OC(=O)[C@H]4O[C@]43[C@]12C)C(C)C. The maximum atomic E-state index is 14.2. The summed E-state index contributed by atoms with van der Waals surface area (Å²) in [7, 11) is 0. The van der Waals surface area contributed by atoms with Gasteiger partial charge in [-0.15, -0.1) is 0 Å². The van der Waals surface area contributed by atoms with Crippen LogP contribution in [0, 0.1) is 39.9 Å². The summed E-state index contributed by atoms with van der Waals surface area (Å²) in [5.41, 5.74) is -5.89. The summed E-state index contributed by atoms with van der Waals surface area (Å²) in [6.07, 6.45) is -1.00. The topological polar surface area (TPSA) is 192 Å². The lowest BCUT2D eigenvalue weighted by Crippen LogP contribution is -2.77. The van der Waals surface area contributed by atoms with Crippen LogP contribution >= 0.6 is 0 Å². The number of aliphatic hydroxyl groups is 3. The van der Waals surface area contributed by atoms with Crippen molar-refractivity contribution in [3.8, 4) is 0 Å². The second-order valence-corrected chi connectivity index (χ2v) is 16.2. The molecule has 3 N–H and O–H groups in total. The Morgan fingerprint density at radius 2 is 1.71 bits per heavy atom. The van der Waals surface area contributed by atoms with Crippen molar-refractivity contribution in [2.24, 2.45) is 39.9 Å². The lowest BCUT2D eigenvalue weighted by Gasteiger charge is -2.69. The number of carbonyl (C=O) groups is 4. The molecule has 270 valence electrons. The number of furan rings is 1. The number of hydrogen-bond acceptors (Lipinski definition) is 13. The Balaban J connectivity index is 1.51. The van der Waals surface area contributed by atoms with Crippen molar-refractivity contribution in [3.63, 3.8) is 0 Å². The van der Waals surface area contributed by atoms with Gasteiger partial charge >= 0.3 is 23.9 Å². The quantitative estimate of drug-likeness (QED) is 0.216. The molecule has 13 nitrogen and oxygen atoms in total. The van der Waals surface area contributed by atoms with Gasteiger partial charge in [-0.1, -0.05) is 54.5 Å². The number of rotatable bonds is 7. The van der Waals surface area contributed by atoms with Crippen LogP contribution in [0.15, 0.2) is 35.2 Å². The minimum Gasteiger partial charge on any atom is -0.472 e. The molecule has 5 aliphatic rings. The van der Waals surface area contributed by atoms with Crippen molar-refractivity contribution in [1.29, 1.82) is 0 Å². The van der Waals surface area contributed by atoms with Gasteiger partial charge in [-0.05, 0) is 43.1 Å². The molecule has 0 amide bonds. The van der Waals surface area contributed by atoms with Crippen LogP contribution < -0.4 is 0 Å². The first-order chi connectivity index (χ1) is 22.8. The van der Waals surface area contributed by atoms with E-state index in [9.17, 15) is 34.5 Å². The molecular weight excluding hydrogens is 640 g/mol. The van der Waals surface area contributed by atoms with Crippen LogP contribution in [0.3, 0.4) is 0 Å². The lowest BCUT2D eigenvalue weighted by atomic mass is 9.36. The zero-order valence-corrected chi connectivity index (χ0v) is 29.2. The molecule has 3 aliphatic heterocycles. The van der Waals surface area contributed by atoms with Gasteiger partial charge in [0.2, 0.25) is 6.10 Å². The largest absolute Gasteiger partial charge is 0.472 e. The van der Waals surface area contributed by atoms with E-state index >= 15 is 0 Å². The van der Waals surface area contributed by atoms with E-state index in [4.69, 9.17) is 28.1 Å². The van der Waals surface area contributed by atoms with Crippen LogP contribution in [-0.2, 0) is 42.9 Å². The van der Waals surface area contributed by atoms with E-state index in [2.05, 4.69) is 0 Å². The molecule has 13 atom stereocenters. The fourth-order valence-electron chi connectivity index (χ4n) is 10.2. The molecule has 1 spiro atoms. The molecule has 6 rings (SSSR count). The summed E-state index contributed by atoms with van der Waals surface area (Å²) in [6, 6.07) is 1.71. The zero-order chi connectivity index (χ0) is 36.1. The third-order valence-corrected chi connectivity index (χ3v) is 12.4. The van der Waals surface area contributed by atoms with E-state index in [-0.39, 0.29) is 0 Å². The number of esters is 4. The molecule has 1 aromatic rings. The predicted molar refractivity (Wildman–Crippen MR) is 168 cm³/mol. The van der Waals surface area contributed by atoms with Crippen molar-refractivity contribution in [2.45, 2.75) is 116 Å². The Morgan fingerprint density at radius 1 is 1.02 bits per heavy atom. The lowest BCUT2D eigenvalue weighted by molar-refractivity contribution is -0.294. The van der Waals surface area contributed by atoms with Crippen LogP contribution in [0.25, 0.3) is 0 Å². The van der Waals surface area contributed by atoms with Gasteiger partial charge in [0.05, 0.1) is 18.6 Å². The molecule has 2 aliphatic carbocycles. The number of epoxide rings is 1. The third-order valence-electron chi connectivity index (χ3n) is 12.4. The van der Waals surface area contributed by atoms with Crippen LogP contribution in [0.5, 0.6) is 0 Å². The van der Waals surface area contributed by atoms with Crippen molar-refractivity contribution in [3.05, 3.63) is 36.3 Å². The Hall–Kier alpha value is -3.26. The number of allylic oxidation sites excluding steroid dienone is 1. The normalized spacial score (nSPS) is 44.4. The molecule has 1 aromatic heterocycles. The van der Waals surface area contributed by atoms with E-state index in [0.717, 1.165) is 0 Å². The van der Waals surface area contributed by atoms with Crippen LogP contribution in [0.1, 0.15) is 79.9 Å². The minimum absolute atomic E-state index is 0.434. The van der Waals surface area contributed by atoms with Crippen molar-refractivity contribution in [2.75, 3.05) is 6.61 Å². The Bertz CT molecular complexity index is 1530. The molecule has 49 heavy (non-hydrogen) atoms. The monoisotopic (exact) mass is 688 g/mol. The van der Waals surface area contributed by atoms with Crippen LogP contribution in [-0.4, -0.2) is 87.5 Å². The summed E-state index contributed by atoms with van der Waals surface area (Å²) in [5.74, 6) is -5.88. The number of hydrogen-bond donors (Lipinski definition) is 3. The van der Waals surface area contributed by atoms with Gasteiger partial charge in [-0.25, -0.2) is 19.2 Å². The van der Waals surface area contributed by atoms with Gasteiger partial charge in [0, 0.05) is 34.3 Å². The van der Waals surface area contributed by atoms with E-state index in [1.165, 1.54) is 25.5 Å². The number of fused-ring (bicyclic) bond motifs is 3. The van der Waals surface area contributed by atoms with Gasteiger partial charge < -0.3 is 43.4 Å². The van der Waals surface area contributed by atoms with Crippen LogP contribution in [0.2, 0.25) is 0 Å². The molecule has 13 heteroatoms. The van der Waals surface area contributed by atoms with E-state index in [0.29, 0.717) is 18.4 Å². The highest BCUT2D eigenvalue weighted by atomic mass is 16.7. The second-order valence-electron chi connectivity index (χ2n) is 16.2.